The van der Waals surface area contributed by atoms with Crippen LogP contribution in [0.15, 0.2) is 0 Å². The first-order valence-corrected chi connectivity index (χ1v) is 6.48. The monoisotopic (exact) mass is 272 g/mol. The lowest BCUT2D eigenvalue weighted by molar-refractivity contribution is -0.140. The molecule has 0 aromatic rings. The normalized spacial score (nSPS) is 31.1. The summed E-state index contributed by atoms with van der Waals surface area (Å²) in [4.78, 5) is 24.5. The van der Waals surface area contributed by atoms with E-state index in [1.54, 1.807) is 4.90 Å². The number of carbonyl (C=O) groups excluding carboxylic acids is 1. The van der Waals surface area contributed by atoms with Crippen molar-refractivity contribution < 1.29 is 24.5 Å². The Hall–Kier alpha value is -1.34. The largest absolute Gasteiger partial charge is 0.480 e. The van der Waals surface area contributed by atoms with Gasteiger partial charge in [-0.15, -0.1) is 0 Å². The third-order valence-corrected chi connectivity index (χ3v) is 4.04. The number of ether oxygens (including phenoxy) is 1. The molecule has 0 bridgehead atoms. The molecule has 1 saturated carbocycles. The number of aliphatic hydroxyl groups is 1. The molecular formula is C12H20N2O5. The summed E-state index contributed by atoms with van der Waals surface area (Å²) in [5.41, 5.74) is 0. The van der Waals surface area contributed by atoms with Gasteiger partial charge in [-0.2, -0.15) is 0 Å². The highest BCUT2D eigenvalue weighted by Gasteiger charge is 2.43. The van der Waals surface area contributed by atoms with E-state index in [1.165, 1.54) is 7.11 Å². The minimum absolute atomic E-state index is 0.0651. The maximum absolute atomic E-state index is 12.0. The van der Waals surface area contributed by atoms with Crippen molar-refractivity contribution in [1.29, 1.82) is 0 Å². The zero-order chi connectivity index (χ0) is 14.0. The molecule has 108 valence electrons. The van der Waals surface area contributed by atoms with E-state index in [0.29, 0.717) is 19.0 Å². The van der Waals surface area contributed by atoms with E-state index in [1.807, 2.05) is 0 Å². The molecule has 19 heavy (non-hydrogen) atoms. The Labute approximate surface area is 111 Å². The molecule has 2 amide bonds. The van der Waals surface area contributed by atoms with E-state index in [0.717, 1.165) is 12.8 Å². The summed E-state index contributed by atoms with van der Waals surface area (Å²) < 4.78 is 4.77. The highest BCUT2D eigenvalue weighted by atomic mass is 16.5. The lowest BCUT2D eigenvalue weighted by Crippen LogP contribution is -2.49. The van der Waals surface area contributed by atoms with Gasteiger partial charge in [0.25, 0.3) is 0 Å². The summed E-state index contributed by atoms with van der Waals surface area (Å²) in [6.07, 6.45) is 1.39. The number of nitrogens with zero attached hydrogens (tertiary/aromatic N) is 1. The van der Waals surface area contributed by atoms with Gasteiger partial charge in [-0.3, -0.25) is 0 Å². The summed E-state index contributed by atoms with van der Waals surface area (Å²) >= 11 is 0. The summed E-state index contributed by atoms with van der Waals surface area (Å²) in [7, 11) is 1.39. The van der Waals surface area contributed by atoms with Crippen molar-refractivity contribution in [2.45, 2.75) is 25.0 Å². The zero-order valence-electron chi connectivity index (χ0n) is 10.9. The number of aliphatic carboxylic acids is 1. The first kappa shape index (κ1) is 14.1. The van der Waals surface area contributed by atoms with Crippen LogP contribution in [0.4, 0.5) is 4.79 Å². The van der Waals surface area contributed by atoms with Crippen LogP contribution >= 0.6 is 0 Å². The number of methoxy groups -OCH3 is 1. The Kier molecular flexibility index (Phi) is 4.26. The average molecular weight is 272 g/mol. The lowest BCUT2D eigenvalue weighted by atomic mass is 10.00. The minimum atomic E-state index is -1.12. The second-order valence-electron chi connectivity index (χ2n) is 5.27. The van der Waals surface area contributed by atoms with Crippen LogP contribution in [0, 0.1) is 11.8 Å². The Morgan fingerprint density at radius 1 is 1.42 bits per heavy atom. The van der Waals surface area contributed by atoms with E-state index in [4.69, 9.17) is 9.84 Å². The molecule has 1 aliphatic carbocycles. The predicted molar refractivity (Wildman–Crippen MR) is 65.6 cm³/mol. The molecule has 1 saturated heterocycles. The maximum atomic E-state index is 12.0. The number of hydrogen-bond donors (Lipinski definition) is 3. The van der Waals surface area contributed by atoms with Crippen molar-refractivity contribution >= 4 is 12.0 Å². The van der Waals surface area contributed by atoms with E-state index < -0.39 is 18.0 Å². The Balaban J connectivity index is 1.89. The van der Waals surface area contributed by atoms with Crippen LogP contribution in [-0.2, 0) is 9.53 Å². The number of likely N-dealkylation sites (tertiary alicyclic amines) is 1. The van der Waals surface area contributed by atoms with Crippen molar-refractivity contribution in [3.05, 3.63) is 0 Å². The second kappa shape index (κ2) is 5.75. The average Bonchev–Trinajstić information content (AvgIpc) is 2.91. The third-order valence-electron chi connectivity index (χ3n) is 4.04. The lowest BCUT2D eigenvalue weighted by Gasteiger charge is -2.21. The molecule has 0 spiro atoms. The first-order chi connectivity index (χ1) is 9.02. The fourth-order valence-corrected chi connectivity index (χ4v) is 2.98. The molecule has 7 heteroatoms. The van der Waals surface area contributed by atoms with Crippen LogP contribution in [-0.4, -0.2) is 66.1 Å². The number of carbonyl (C=O) groups is 2. The SMILES string of the molecule is COCC(NC(=O)N1CC2CCC(O)C2C1)C(=O)O. The molecule has 2 rings (SSSR count). The van der Waals surface area contributed by atoms with Crippen LogP contribution in [0.2, 0.25) is 0 Å². The molecule has 4 atom stereocenters. The smallest absolute Gasteiger partial charge is 0.328 e. The van der Waals surface area contributed by atoms with Gasteiger partial charge in [0.2, 0.25) is 0 Å². The fraction of sp³-hybridized carbons (Fsp3) is 0.833. The van der Waals surface area contributed by atoms with Gasteiger partial charge < -0.3 is 25.2 Å². The van der Waals surface area contributed by atoms with Gasteiger partial charge in [-0.05, 0) is 18.8 Å². The molecule has 0 radical (unpaired) electrons. The molecule has 4 unspecified atom stereocenters. The summed E-state index contributed by atoms with van der Waals surface area (Å²) in [6.45, 7) is 1.02. The van der Waals surface area contributed by atoms with Gasteiger partial charge in [0.05, 0.1) is 12.7 Å². The Morgan fingerprint density at radius 2 is 2.16 bits per heavy atom. The van der Waals surface area contributed by atoms with Crippen LogP contribution in [0.1, 0.15) is 12.8 Å². The number of carboxylic acids is 1. The van der Waals surface area contributed by atoms with E-state index in [9.17, 15) is 14.7 Å². The number of amides is 2. The number of nitrogens with one attached hydrogen (secondary N) is 1. The third kappa shape index (κ3) is 2.98. The summed E-state index contributed by atoms with van der Waals surface area (Å²) in [5.74, 6) is -0.641. The van der Waals surface area contributed by atoms with Crippen LogP contribution in [0.25, 0.3) is 0 Å². The minimum Gasteiger partial charge on any atom is -0.480 e. The molecule has 3 N–H and O–H groups in total. The van der Waals surface area contributed by atoms with Gasteiger partial charge in [-0.1, -0.05) is 0 Å². The van der Waals surface area contributed by atoms with E-state index in [-0.39, 0.29) is 18.6 Å². The van der Waals surface area contributed by atoms with Crippen molar-refractivity contribution in [2.24, 2.45) is 11.8 Å². The number of hydrogen-bond acceptors (Lipinski definition) is 4. The summed E-state index contributed by atoms with van der Waals surface area (Å²) in [5, 5.41) is 21.2. The first-order valence-electron chi connectivity index (χ1n) is 6.48. The number of fused-ring (bicyclic) bond motifs is 1. The van der Waals surface area contributed by atoms with E-state index in [2.05, 4.69) is 5.32 Å². The van der Waals surface area contributed by atoms with Gasteiger partial charge in [0.1, 0.15) is 0 Å². The zero-order valence-corrected chi connectivity index (χ0v) is 10.9. The molecule has 0 aromatic heterocycles. The van der Waals surface area contributed by atoms with Crippen molar-refractivity contribution in [2.75, 3.05) is 26.8 Å². The quantitative estimate of drug-likeness (QED) is 0.640. The molecule has 2 aliphatic rings. The highest BCUT2D eigenvalue weighted by Crippen LogP contribution is 2.37. The Bertz CT molecular complexity index is 362. The molecule has 1 heterocycles. The van der Waals surface area contributed by atoms with Crippen LogP contribution < -0.4 is 5.32 Å². The van der Waals surface area contributed by atoms with Crippen molar-refractivity contribution in [3.8, 4) is 0 Å². The van der Waals surface area contributed by atoms with Crippen LogP contribution in [0.5, 0.6) is 0 Å². The molecule has 7 nitrogen and oxygen atoms in total. The Morgan fingerprint density at radius 3 is 2.74 bits per heavy atom. The maximum Gasteiger partial charge on any atom is 0.328 e. The molecular weight excluding hydrogens is 252 g/mol. The van der Waals surface area contributed by atoms with Crippen LogP contribution in [0.3, 0.4) is 0 Å². The number of urea groups is 1. The van der Waals surface area contributed by atoms with Crippen molar-refractivity contribution in [3.63, 3.8) is 0 Å². The van der Waals surface area contributed by atoms with E-state index >= 15 is 0 Å². The van der Waals surface area contributed by atoms with Gasteiger partial charge in [0, 0.05) is 26.1 Å². The van der Waals surface area contributed by atoms with Gasteiger partial charge >= 0.3 is 12.0 Å². The fourth-order valence-electron chi connectivity index (χ4n) is 2.98. The van der Waals surface area contributed by atoms with Gasteiger partial charge in [0.15, 0.2) is 6.04 Å². The van der Waals surface area contributed by atoms with Crippen molar-refractivity contribution in [1.82, 2.24) is 10.2 Å². The topological polar surface area (TPSA) is 99.1 Å². The number of rotatable bonds is 4. The molecule has 1 aliphatic heterocycles. The molecule has 0 aromatic carbocycles. The summed E-state index contributed by atoms with van der Waals surface area (Å²) in [6, 6.07) is -1.44. The number of carboxylic acid groups (broad SMARTS) is 1. The standard InChI is InChI=1S/C12H20N2O5/c1-19-6-9(11(16)17)13-12(18)14-4-7-2-3-10(15)8(7)5-14/h7-10,15H,2-6H2,1H3,(H,13,18)(H,16,17). The number of aliphatic hydroxyl groups excluding tert-OH is 1. The van der Waals surface area contributed by atoms with Gasteiger partial charge in [-0.25, -0.2) is 9.59 Å². The highest BCUT2D eigenvalue weighted by molar-refractivity contribution is 5.82. The second-order valence-corrected chi connectivity index (χ2v) is 5.27. The molecule has 2 fully saturated rings. The predicted octanol–water partition coefficient (Wildman–Crippen LogP) is -0.502.